The maximum absolute atomic E-state index is 14.0. The molecule has 2 aromatic heterocycles. The summed E-state index contributed by atoms with van der Waals surface area (Å²) in [4.78, 5) is 31.2. The van der Waals surface area contributed by atoms with Crippen molar-refractivity contribution in [1.29, 1.82) is 0 Å². The van der Waals surface area contributed by atoms with Crippen LogP contribution in [0.1, 0.15) is 40.5 Å². The number of fused-ring (bicyclic) bond motifs is 1. The van der Waals surface area contributed by atoms with Crippen molar-refractivity contribution in [2.45, 2.75) is 31.5 Å². The van der Waals surface area contributed by atoms with E-state index in [4.69, 9.17) is 10.2 Å². The Labute approximate surface area is 190 Å². The van der Waals surface area contributed by atoms with Crippen molar-refractivity contribution in [3.63, 3.8) is 0 Å². The zero-order chi connectivity index (χ0) is 23.6. The molecule has 3 N–H and O–H groups in total. The zero-order valence-corrected chi connectivity index (χ0v) is 18.4. The van der Waals surface area contributed by atoms with Crippen LogP contribution in [0.2, 0.25) is 0 Å². The molecule has 1 fully saturated rings. The molecule has 1 aromatic carbocycles. The minimum atomic E-state index is -1.22. The van der Waals surface area contributed by atoms with Crippen LogP contribution in [-0.4, -0.2) is 74.5 Å². The van der Waals surface area contributed by atoms with E-state index in [0.29, 0.717) is 42.7 Å². The molecule has 0 spiro atoms. The van der Waals surface area contributed by atoms with Gasteiger partial charge in [-0.3, -0.25) is 9.59 Å². The molecule has 9 heteroatoms. The number of nitrogens with zero attached hydrogens (tertiary/aromatic N) is 3. The maximum atomic E-state index is 14.0. The van der Waals surface area contributed by atoms with Gasteiger partial charge in [-0.1, -0.05) is 0 Å². The summed E-state index contributed by atoms with van der Waals surface area (Å²) in [5.74, 6) is -0.536. The molecule has 1 aliphatic rings. The van der Waals surface area contributed by atoms with Crippen LogP contribution in [0, 0.1) is 0 Å². The number of nitrogens with one attached hydrogen (secondary N) is 1. The van der Waals surface area contributed by atoms with Crippen molar-refractivity contribution < 1.29 is 24.2 Å². The molecule has 174 valence electrons. The largest absolute Gasteiger partial charge is 0.394 e. The summed E-state index contributed by atoms with van der Waals surface area (Å²) in [7, 11) is 0. The van der Waals surface area contributed by atoms with Crippen molar-refractivity contribution in [1.82, 2.24) is 19.8 Å². The highest BCUT2D eigenvalue weighted by atomic mass is 19.1. The number of benzene rings is 1. The first kappa shape index (κ1) is 22.9. The molecule has 0 saturated carbocycles. The van der Waals surface area contributed by atoms with Gasteiger partial charge in [0.25, 0.3) is 11.8 Å². The van der Waals surface area contributed by atoms with E-state index < -0.39 is 11.7 Å². The van der Waals surface area contributed by atoms with Crippen LogP contribution in [0.5, 0.6) is 0 Å². The van der Waals surface area contributed by atoms with Gasteiger partial charge in [-0.2, -0.15) is 0 Å². The number of aliphatic hydroxyl groups excluding tert-OH is 2. The van der Waals surface area contributed by atoms with Gasteiger partial charge in [-0.15, -0.1) is 0 Å². The topological polar surface area (TPSA) is 108 Å². The van der Waals surface area contributed by atoms with Crippen molar-refractivity contribution in [2.75, 3.05) is 26.3 Å². The SMILES string of the molecule is CC1(F)CCN(C(=O)c2cnc3c(ccn3-c3ccc(C(=O)NC(CO)CO)cc3)c2)CC1. The van der Waals surface area contributed by atoms with E-state index in [9.17, 15) is 14.0 Å². The number of carbonyl (C=O) groups is 2. The first-order valence-corrected chi connectivity index (χ1v) is 10.9. The number of likely N-dealkylation sites (tertiary alicyclic amines) is 1. The summed E-state index contributed by atoms with van der Waals surface area (Å²) in [6.07, 6.45) is 4.04. The second-order valence-electron chi connectivity index (χ2n) is 8.61. The third-order valence-corrected chi connectivity index (χ3v) is 6.05. The van der Waals surface area contributed by atoms with Gasteiger partial charge in [0, 0.05) is 42.1 Å². The van der Waals surface area contributed by atoms with Crippen LogP contribution in [-0.2, 0) is 0 Å². The van der Waals surface area contributed by atoms with Gasteiger partial charge < -0.3 is 25.0 Å². The van der Waals surface area contributed by atoms with Gasteiger partial charge >= 0.3 is 0 Å². The van der Waals surface area contributed by atoms with Crippen molar-refractivity contribution in [3.05, 3.63) is 59.9 Å². The normalized spacial score (nSPS) is 15.7. The smallest absolute Gasteiger partial charge is 0.255 e. The van der Waals surface area contributed by atoms with E-state index in [-0.39, 0.29) is 25.0 Å². The summed E-state index contributed by atoms with van der Waals surface area (Å²) < 4.78 is 15.9. The second-order valence-corrected chi connectivity index (χ2v) is 8.61. The van der Waals surface area contributed by atoms with E-state index in [0.717, 1.165) is 11.1 Å². The molecule has 4 rings (SSSR count). The zero-order valence-electron chi connectivity index (χ0n) is 18.4. The fraction of sp³-hybridized carbons (Fsp3) is 0.375. The quantitative estimate of drug-likeness (QED) is 0.529. The number of piperidine rings is 1. The number of pyridine rings is 1. The van der Waals surface area contributed by atoms with Crippen LogP contribution < -0.4 is 5.32 Å². The van der Waals surface area contributed by atoms with Crippen LogP contribution in [0.3, 0.4) is 0 Å². The Bertz CT molecular complexity index is 1140. The Morgan fingerprint density at radius 3 is 2.42 bits per heavy atom. The molecule has 33 heavy (non-hydrogen) atoms. The fourth-order valence-corrected chi connectivity index (χ4v) is 3.90. The van der Waals surface area contributed by atoms with Crippen LogP contribution in [0.4, 0.5) is 4.39 Å². The van der Waals surface area contributed by atoms with Gasteiger partial charge in [-0.25, -0.2) is 9.37 Å². The molecule has 0 bridgehead atoms. The first-order valence-electron chi connectivity index (χ1n) is 10.9. The highest BCUT2D eigenvalue weighted by molar-refractivity contribution is 5.97. The van der Waals surface area contributed by atoms with Gasteiger partial charge in [0.15, 0.2) is 0 Å². The summed E-state index contributed by atoms with van der Waals surface area (Å²) in [6, 6.07) is 9.77. The molecule has 3 aromatic rings. The molecule has 1 saturated heterocycles. The summed E-state index contributed by atoms with van der Waals surface area (Å²) in [5.41, 5.74) is 1.10. The minimum Gasteiger partial charge on any atom is -0.394 e. The van der Waals surface area contributed by atoms with Crippen molar-refractivity contribution in [3.8, 4) is 5.69 Å². The number of hydrogen-bond donors (Lipinski definition) is 3. The summed E-state index contributed by atoms with van der Waals surface area (Å²) >= 11 is 0. The maximum Gasteiger partial charge on any atom is 0.255 e. The van der Waals surface area contributed by atoms with Gasteiger partial charge in [0.05, 0.1) is 24.8 Å². The Kier molecular flexibility index (Phi) is 6.44. The minimum absolute atomic E-state index is 0.146. The van der Waals surface area contributed by atoms with E-state index in [1.807, 2.05) is 16.8 Å². The Balaban J connectivity index is 1.51. The lowest BCUT2D eigenvalue weighted by atomic mass is 9.95. The van der Waals surface area contributed by atoms with Gasteiger partial charge in [-0.05, 0) is 56.2 Å². The lowest BCUT2D eigenvalue weighted by Crippen LogP contribution is -2.43. The molecule has 1 aliphatic heterocycles. The average molecular weight is 455 g/mol. The monoisotopic (exact) mass is 454 g/mol. The summed E-state index contributed by atoms with van der Waals surface area (Å²) in [6.45, 7) is 1.66. The lowest BCUT2D eigenvalue weighted by Gasteiger charge is -2.34. The average Bonchev–Trinajstić information content (AvgIpc) is 3.25. The Morgan fingerprint density at radius 1 is 1.12 bits per heavy atom. The van der Waals surface area contributed by atoms with E-state index in [2.05, 4.69) is 10.3 Å². The predicted octanol–water partition coefficient (Wildman–Crippen LogP) is 2.07. The number of rotatable bonds is 6. The molecule has 0 radical (unpaired) electrons. The number of amides is 2. The Morgan fingerprint density at radius 2 is 1.79 bits per heavy atom. The van der Waals surface area contributed by atoms with Crippen LogP contribution in [0.15, 0.2) is 48.8 Å². The number of halogens is 1. The molecule has 3 heterocycles. The van der Waals surface area contributed by atoms with E-state index >= 15 is 0 Å². The highest BCUT2D eigenvalue weighted by Crippen LogP contribution is 2.27. The number of alkyl halides is 1. The Hall–Kier alpha value is -3.30. The third kappa shape index (κ3) is 4.89. The molecule has 2 amide bonds. The van der Waals surface area contributed by atoms with Crippen LogP contribution >= 0.6 is 0 Å². The number of carbonyl (C=O) groups excluding carboxylic acids is 2. The predicted molar refractivity (Wildman–Crippen MR) is 121 cm³/mol. The highest BCUT2D eigenvalue weighted by Gasteiger charge is 2.32. The molecule has 0 atom stereocenters. The van der Waals surface area contributed by atoms with E-state index in [1.54, 1.807) is 42.2 Å². The van der Waals surface area contributed by atoms with Crippen molar-refractivity contribution >= 4 is 22.8 Å². The van der Waals surface area contributed by atoms with Crippen LogP contribution in [0.25, 0.3) is 16.7 Å². The number of aromatic nitrogens is 2. The van der Waals surface area contributed by atoms with Gasteiger partial charge in [0.2, 0.25) is 0 Å². The second kappa shape index (κ2) is 9.29. The standard InChI is InChI=1S/C24H27FN4O4/c1-24(25)7-10-28(11-8-24)23(33)18-12-17-6-9-29(21(17)26-13-18)20-4-2-16(3-5-20)22(32)27-19(14-30)15-31/h2-6,9,12-13,19,30-31H,7-8,10-11,14-15H2,1H3,(H,27,32). The molecule has 0 aliphatic carbocycles. The number of aliphatic hydroxyl groups is 2. The first-order chi connectivity index (χ1) is 15.8. The van der Waals surface area contributed by atoms with Gasteiger partial charge in [0.1, 0.15) is 11.3 Å². The fourth-order valence-electron chi connectivity index (χ4n) is 3.90. The lowest BCUT2D eigenvalue weighted by molar-refractivity contribution is 0.0503. The van der Waals surface area contributed by atoms with E-state index in [1.165, 1.54) is 6.20 Å². The molecular weight excluding hydrogens is 427 g/mol. The molecule has 8 nitrogen and oxygen atoms in total. The van der Waals surface area contributed by atoms with Crippen molar-refractivity contribution in [2.24, 2.45) is 0 Å². The molecular formula is C24H27FN4O4. The molecule has 0 unspecified atom stereocenters. The third-order valence-electron chi connectivity index (χ3n) is 6.05. The number of hydrogen-bond acceptors (Lipinski definition) is 5. The summed E-state index contributed by atoms with van der Waals surface area (Å²) in [5, 5.41) is 21.6.